The van der Waals surface area contributed by atoms with Crippen LogP contribution in [0.2, 0.25) is 0 Å². The van der Waals surface area contributed by atoms with Gasteiger partial charge >= 0.3 is 6.09 Å². The summed E-state index contributed by atoms with van der Waals surface area (Å²) in [5.74, 6) is 0. The van der Waals surface area contributed by atoms with Crippen molar-refractivity contribution in [3.05, 3.63) is 35.9 Å². The number of likely N-dealkylation sites (N-methyl/N-ethyl adjacent to an activating group) is 1. The topological polar surface area (TPSA) is 60.9 Å². The first-order chi connectivity index (χ1) is 8.89. The third kappa shape index (κ3) is 4.06. The molecule has 1 aromatic rings. The van der Waals surface area contributed by atoms with Crippen LogP contribution in [0.1, 0.15) is 12.5 Å². The fourth-order valence-electron chi connectivity index (χ4n) is 2.06. The van der Waals surface area contributed by atoms with E-state index in [0.717, 1.165) is 5.56 Å². The molecule has 5 nitrogen and oxygen atoms in total. The number of rotatable bonds is 6. The van der Waals surface area contributed by atoms with Gasteiger partial charge < -0.3 is 14.8 Å². The fourth-order valence-corrected chi connectivity index (χ4v) is 2.06. The molecule has 0 bridgehead atoms. The predicted molar refractivity (Wildman–Crippen MR) is 73.0 cm³/mol. The molecule has 0 aliphatic carbocycles. The van der Waals surface area contributed by atoms with Crippen LogP contribution in [0.3, 0.4) is 0 Å². The Kier molecular flexibility index (Phi) is 5.06. The minimum absolute atomic E-state index is 0.194. The minimum atomic E-state index is -1.10. The van der Waals surface area contributed by atoms with Crippen molar-refractivity contribution in [3.8, 4) is 0 Å². The van der Waals surface area contributed by atoms with Gasteiger partial charge in [0.25, 0.3) is 0 Å². The molecular formula is C14H20N2O3. The number of aldehydes is 1. The van der Waals surface area contributed by atoms with E-state index in [0.29, 0.717) is 12.8 Å². The molecule has 1 amide bonds. The molecule has 0 aromatic heterocycles. The number of carboxylic acid groups (broad SMARTS) is 1. The molecule has 1 aromatic carbocycles. The second kappa shape index (κ2) is 6.33. The number of hydrogen-bond acceptors (Lipinski definition) is 3. The van der Waals surface area contributed by atoms with E-state index in [1.807, 2.05) is 44.4 Å². The highest BCUT2D eigenvalue weighted by molar-refractivity contribution is 5.75. The van der Waals surface area contributed by atoms with E-state index in [2.05, 4.69) is 0 Å². The van der Waals surface area contributed by atoms with E-state index in [1.165, 1.54) is 4.90 Å². The molecule has 0 fully saturated rings. The van der Waals surface area contributed by atoms with Gasteiger partial charge in [0.1, 0.15) is 11.8 Å². The van der Waals surface area contributed by atoms with Gasteiger partial charge in [-0.2, -0.15) is 0 Å². The zero-order valence-corrected chi connectivity index (χ0v) is 11.5. The quantitative estimate of drug-likeness (QED) is 0.794. The van der Waals surface area contributed by atoms with Crippen molar-refractivity contribution in [1.82, 2.24) is 9.80 Å². The standard InChI is InChI=1S/C14H20N2O3/c1-14(11-17,10-15(2)3)16(13(18)19)9-12-7-5-4-6-8-12/h4-8,11H,9-10H2,1-3H3,(H,18,19). The first-order valence-electron chi connectivity index (χ1n) is 6.04. The molecule has 0 saturated heterocycles. The van der Waals surface area contributed by atoms with Crippen molar-refractivity contribution in [2.75, 3.05) is 20.6 Å². The highest BCUT2D eigenvalue weighted by Crippen LogP contribution is 2.18. The molecule has 0 heterocycles. The highest BCUT2D eigenvalue weighted by atomic mass is 16.4. The van der Waals surface area contributed by atoms with Crippen LogP contribution in [0, 0.1) is 0 Å². The van der Waals surface area contributed by atoms with Crippen LogP contribution in [0.25, 0.3) is 0 Å². The Balaban J connectivity index is 2.99. The Morgan fingerprint density at radius 2 is 1.89 bits per heavy atom. The van der Waals surface area contributed by atoms with E-state index in [1.54, 1.807) is 11.8 Å². The highest BCUT2D eigenvalue weighted by Gasteiger charge is 2.35. The Labute approximate surface area is 113 Å². The van der Waals surface area contributed by atoms with Gasteiger partial charge in [-0.05, 0) is 26.6 Å². The summed E-state index contributed by atoms with van der Waals surface area (Å²) >= 11 is 0. The smallest absolute Gasteiger partial charge is 0.408 e. The molecule has 104 valence electrons. The summed E-state index contributed by atoms with van der Waals surface area (Å²) in [6, 6.07) is 9.25. The van der Waals surface area contributed by atoms with Crippen LogP contribution in [-0.2, 0) is 11.3 Å². The van der Waals surface area contributed by atoms with E-state index >= 15 is 0 Å². The molecule has 1 rings (SSSR count). The first kappa shape index (κ1) is 15.2. The molecule has 0 aliphatic rings. The van der Waals surface area contributed by atoms with Crippen molar-refractivity contribution in [1.29, 1.82) is 0 Å². The summed E-state index contributed by atoms with van der Waals surface area (Å²) in [7, 11) is 3.62. The molecule has 1 atom stereocenters. The third-order valence-corrected chi connectivity index (χ3v) is 2.92. The summed E-state index contributed by atoms with van der Waals surface area (Å²) in [6.45, 7) is 2.17. The Morgan fingerprint density at radius 1 is 1.32 bits per heavy atom. The van der Waals surface area contributed by atoms with Gasteiger partial charge in [-0.1, -0.05) is 30.3 Å². The number of carbonyl (C=O) groups excluding carboxylic acids is 1. The summed E-state index contributed by atoms with van der Waals surface area (Å²) < 4.78 is 0. The van der Waals surface area contributed by atoms with Crippen molar-refractivity contribution in [2.45, 2.75) is 19.0 Å². The van der Waals surface area contributed by atoms with Crippen LogP contribution in [-0.4, -0.2) is 53.5 Å². The lowest BCUT2D eigenvalue weighted by Gasteiger charge is -2.37. The molecule has 19 heavy (non-hydrogen) atoms. The maximum absolute atomic E-state index is 11.4. The average Bonchev–Trinajstić information content (AvgIpc) is 2.36. The monoisotopic (exact) mass is 264 g/mol. The predicted octanol–water partition coefficient (Wildman–Crippen LogP) is 1.69. The van der Waals surface area contributed by atoms with Crippen molar-refractivity contribution in [2.24, 2.45) is 0 Å². The summed E-state index contributed by atoms with van der Waals surface area (Å²) in [5.41, 5.74) is -0.206. The van der Waals surface area contributed by atoms with Crippen LogP contribution in [0.5, 0.6) is 0 Å². The molecule has 1 unspecified atom stereocenters. The van der Waals surface area contributed by atoms with E-state index in [4.69, 9.17) is 0 Å². The first-order valence-corrected chi connectivity index (χ1v) is 6.04. The van der Waals surface area contributed by atoms with Crippen molar-refractivity contribution < 1.29 is 14.7 Å². The van der Waals surface area contributed by atoms with Gasteiger partial charge in [0.05, 0.1) is 6.54 Å². The lowest BCUT2D eigenvalue weighted by molar-refractivity contribution is -0.118. The second-order valence-corrected chi connectivity index (χ2v) is 5.07. The maximum atomic E-state index is 11.4. The molecule has 1 N–H and O–H groups in total. The normalized spacial score (nSPS) is 13.9. The zero-order chi connectivity index (χ0) is 14.5. The number of amides is 1. The molecule has 0 spiro atoms. The van der Waals surface area contributed by atoms with Gasteiger partial charge in [0.15, 0.2) is 0 Å². The largest absolute Gasteiger partial charge is 0.465 e. The van der Waals surface area contributed by atoms with Gasteiger partial charge in [-0.25, -0.2) is 4.79 Å². The van der Waals surface area contributed by atoms with Crippen molar-refractivity contribution in [3.63, 3.8) is 0 Å². The number of benzene rings is 1. The van der Waals surface area contributed by atoms with Crippen LogP contribution in [0.4, 0.5) is 4.79 Å². The van der Waals surface area contributed by atoms with Gasteiger partial charge in [0, 0.05) is 6.54 Å². The molecule has 0 aliphatic heterocycles. The Hall–Kier alpha value is -1.88. The molecule has 0 saturated carbocycles. The Bertz CT molecular complexity index is 434. The van der Waals surface area contributed by atoms with Gasteiger partial charge in [-0.3, -0.25) is 4.90 Å². The lowest BCUT2D eigenvalue weighted by atomic mass is 10.0. The fraction of sp³-hybridized carbons (Fsp3) is 0.429. The summed E-state index contributed by atoms with van der Waals surface area (Å²) in [5, 5.41) is 9.36. The maximum Gasteiger partial charge on any atom is 0.408 e. The molecule has 0 radical (unpaired) electrons. The second-order valence-electron chi connectivity index (χ2n) is 5.07. The molecular weight excluding hydrogens is 244 g/mol. The SMILES string of the molecule is CN(C)CC(C)(C=O)N(Cc1ccccc1)C(=O)O. The van der Waals surface area contributed by atoms with Crippen LogP contribution < -0.4 is 0 Å². The average molecular weight is 264 g/mol. The zero-order valence-electron chi connectivity index (χ0n) is 11.5. The summed E-state index contributed by atoms with van der Waals surface area (Å²) in [4.78, 5) is 25.8. The van der Waals surface area contributed by atoms with Crippen LogP contribution in [0.15, 0.2) is 30.3 Å². The van der Waals surface area contributed by atoms with E-state index in [-0.39, 0.29) is 6.54 Å². The summed E-state index contributed by atoms with van der Waals surface area (Å²) in [6.07, 6.45) is -0.398. The van der Waals surface area contributed by atoms with Crippen LogP contribution >= 0.6 is 0 Å². The minimum Gasteiger partial charge on any atom is -0.465 e. The van der Waals surface area contributed by atoms with Gasteiger partial charge in [0.2, 0.25) is 0 Å². The van der Waals surface area contributed by atoms with E-state index in [9.17, 15) is 14.7 Å². The third-order valence-electron chi connectivity index (χ3n) is 2.92. The van der Waals surface area contributed by atoms with E-state index < -0.39 is 11.6 Å². The molecule has 5 heteroatoms. The lowest BCUT2D eigenvalue weighted by Crippen LogP contribution is -2.55. The Morgan fingerprint density at radius 3 is 2.32 bits per heavy atom. The number of hydrogen-bond donors (Lipinski definition) is 1. The number of nitrogens with zero attached hydrogens (tertiary/aromatic N) is 2. The number of carbonyl (C=O) groups is 2. The van der Waals surface area contributed by atoms with Gasteiger partial charge in [-0.15, -0.1) is 0 Å². The van der Waals surface area contributed by atoms with Crippen molar-refractivity contribution >= 4 is 12.4 Å².